The van der Waals surface area contributed by atoms with Crippen LogP contribution in [0.25, 0.3) is 0 Å². The Hall–Kier alpha value is -2.24. The van der Waals surface area contributed by atoms with Gasteiger partial charge >= 0.3 is 5.97 Å². The summed E-state index contributed by atoms with van der Waals surface area (Å²) in [5.74, 6) is 1.41. The molecule has 0 heterocycles. The molecule has 6 heteroatoms. The minimum absolute atomic E-state index is 0.213. The highest BCUT2D eigenvalue weighted by atomic mass is 16.5. The molecule has 1 N–H and O–H groups in total. The van der Waals surface area contributed by atoms with E-state index in [1.165, 1.54) is 32.1 Å². The molecule has 27 heavy (non-hydrogen) atoms. The molecular formula is C21H31NO5. The molecule has 0 unspecified atom stereocenters. The lowest BCUT2D eigenvalue weighted by Crippen LogP contribution is -2.30. The number of amides is 1. The molecule has 1 amide bonds. The van der Waals surface area contributed by atoms with Crippen molar-refractivity contribution in [2.45, 2.75) is 51.4 Å². The Labute approximate surface area is 161 Å². The fourth-order valence-electron chi connectivity index (χ4n) is 3.45. The van der Waals surface area contributed by atoms with Gasteiger partial charge in [-0.2, -0.15) is 0 Å². The molecule has 150 valence electrons. The van der Waals surface area contributed by atoms with E-state index in [4.69, 9.17) is 14.2 Å². The highest BCUT2D eigenvalue weighted by Crippen LogP contribution is 2.28. The monoisotopic (exact) mass is 377 g/mol. The van der Waals surface area contributed by atoms with Crippen molar-refractivity contribution in [1.29, 1.82) is 0 Å². The van der Waals surface area contributed by atoms with E-state index in [9.17, 15) is 9.59 Å². The highest BCUT2D eigenvalue weighted by Gasteiger charge is 2.16. The number of benzene rings is 1. The van der Waals surface area contributed by atoms with Crippen LogP contribution in [0.2, 0.25) is 0 Å². The van der Waals surface area contributed by atoms with Crippen LogP contribution in [0.3, 0.4) is 0 Å². The zero-order valence-corrected chi connectivity index (χ0v) is 16.4. The molecule has 1 saturated carbocycles. The second-order valence-electron chi connectivity index (χ2n) is 6.99. The first-order valence-electron chi connectivity index (χ1n) is 9.75. The molecule has 0 radical (unpaired) electrons. The third-order valence-electron chi connectivity index (χ3n) is 5.03. The topological polar surface area (TPSA) is 73.9 Å². The van der Waals surface area contributed by atoms with Crippen LogP contribution in [-0.2, 0) is 20.7 Å². The number of hydrogen-bond acceptors (Lipinski definition) is 5. The summed E-state index contributed by atoms with van der Waals surface area (Å²) in [5, 5.41) is 2.77. The Balaban J connectivity index is 1.61. The molecule has 0 atom stereocenters. The first kappa shape index (κ1) is 21.1. The number of carbonyl (C=O) groups is 2. The average Bonchev–Trinajstić information content (AvgIpc) is 2.71. The minimum atomic E-state index is -0.282. The van der Waals surface area contributed by atoms with Crippen molar-refractivity contribution >= 4 is 11.9 Å². The van der Waals surface area contributed by atoms with Gasteiger partial charge < -0.3 is 19.5 Å². The summed E-state index contributed by atoms with van der Waals surface area (Å²) < 4.78 is 15.5. The van der Waals surface area contributed by atoms with E-state index >= 15 is 0 Å². The number of esters is 1. The molecular weight excluding hydrogens is 346 g/mol. The fraction of sp³-hybridized carbons (Fsp3) is 0.619. The van der Waals surface area contributed by atoms with Crippen molar-refractivity contribution in [1.82, 2.24) is 5.32 Å². The van der Waals surface area contributed by atoms with Crippen molar-refractivity contribution in [3.8, 4) is 11.5 Å². The third kappa shape index (κ3) is 7.49. The van der Waals surface area contributed by atoms with Crippen molar-refractivity contribution in [3.63, 3.8) is 0 Å². The first-order chi connectivity index (χ1) is 13.1. The van der Waals surface area contributed by atoms with E-state index in [0.29, 0.717) is 36.8 Å². The zero-order valence-electron chi connectivity index (χ0n) is 16.4. The molecule has 1 aromatic carbocycles. The molecule has 0 aromatic heterocycles. The van der Waals surface area contributed by atoms with E-state index in [-0.39, 0.29) is 18.5 Å². The number of hydrogen-bond donors (Lipinski definition) is 1. The van der Waals surface area contributed by atoms with Gasteiger partial charge in [-0.15, -0.1) is 0 Å². The molecule has 0 bridgehead atoms. The number of carbonyl (C=O) groups excluding carboxylic acids is 2. The molecule has 1 aliphatic rings. The SMILES string of the molecule is COc1ccc(CCNC(=O)COC(=O)CCC2CCCCC2)cc1OC. The van der Waals surface area contributed by atoms with Gasteiger partial charge in [0, 0.05) is 13.0 Å². The smallest absolute Gasteiger partial charge is 0.306 e. The number of nitrogens with one attached hydrogen (secondary N) is 1. The number of rotatable bonds is 10. The molecule has 1 aliphatic carbocycles. The highest BCUT2D eigenvalue weighted by molar-refractivity contribution is 5.80. The van der Waals surface area contributed by atoms with Crippen molar-refractivity contribution < 1.29 is 23.8 Å². The van der Waals surface area contributed by atoms with Crippen LogP contribution in [0.1, 0.15) is 50.5 Å². The van der Waals surface area contributed by atoms with Gasteiger partial charge in [0.15, 0.2) is 18.1 Å². The van der Waals surface area contributed by atoms with Gasteiger partial charge in [0.1, 0.15) is 0 Å². The largest absolute Gasteiger partial charge is 0.493 e. The standard InChI is InChI=1S/C21H31NO5/c1-25-18-10-8-17(14-19(18)26-2)12-13-22-20(23)15-27-21(24)11-9-16-6-4-3-5-7-16/h8,10,14,16H,3-7,9,11-13,15H2,1-2H3,(H,22,23). The maximum Gasteiger partial charge on any atom is 0.306 e. The van der Waals surface area contributed by atoms with Gasteiger partial charge in [0.25, 0.3) is 5.91 Å². The van der Waals surface area contributed by atoms with Crippen molar-refractivity contribution in [2.75, 3.05) is 27.4 Å². The minimum Gasteiger partial charge on any atom is -0.493 e. The van der Waals surface area contributed by atoms with Gasteiger partial charge in [0.05, 0.1) is 14.2 Å². The van der Waals surface area contributed by atoms with Crippen LogP contribution in [0.4, 0.5) is 0 Å². The van der Waals surface area contributed by atoms with E-state index in [1.54, 1.807) is 14.2 Å². The predicted octanol–water partition coefficient (Wildman–Crippen LogP) is 3.27. The first-order valence-corrected chi connectivity index (χ1v) is 9.75. The lowest BCUT2D eigenvalue weighted by Gasteiger charge is -2.20. The van der Waals surface area contributed by atoms with E-state index in [1.807, 2.05) is 18.2 Å². The summed E-state index contributed by atoms with van der Waals surface area (Å²) in [6, 6.07) is 5.65. The van der Waals surface area contributed by atoms with Crippen LogP contribution in [0.15, 0.2) is 18.2 Å². The molecule has 0 saturated heterocycles. The summed E-state index contributed by atoms with van der Waals surface area (Å²) in [7, 11) is 3.18. The quantitative estimate of drug-likeness (QED) is 0.634. The van der Waals surface area contributed by atoms with Gasteiger partial charge in [-0.05, 0) is 36.5 Å². The van der Waals surface area contributed by atoms with Crippen LogP contribution in [-0.4, -0.2) is 39.2 Å². The van der Waals surface area contributed by atoms with Gasteiger partial charge in [-0.1, -0.05) is 38.2 Å². The van der Waals surface area contributed by atoms with Crippen LogP contribution in [0.5, 0.6) is 11.5 Å². The lowest BCUT2D eigenvalue weighted by molar-refractivity contribution is -0.148. The zero-order chi connectivity index (χ0) is 19.5. The maximum atomic E-state index is 11.8. The Bertz CT molecular complexity index is 611. The maximum absolute atomic E-state index is 11.8. The summed E-state index contributed by atoms with van der Waals surface area (Å²) in [6.45, 7) is 0.253. The second-order valence-corrected chi connectivity index (χ2v) is 6.99. The number of ether oxygens (including phenoxy) is 3. The lowest BCUT2D eigenvalue weighted by atomic mass is 9.86. The van der Waals surface area contributed by atoms with Crippen LogP contribution >= 0.6 is 0 Å². The molecule has 1 aromatic rings. The second kappa shape index (κ2) is 11.5. The fourth-order valence-corrected chi connectivity index (χ4v) is 3.45. The Kier molecular flexibility index (Phi) is 8.95. The average molecular weight is 377 g/mol. The van der Waals surface area contributed by atoms with Gasteiger partial charge in [-0.3, -0.25) is 9.59 Å². The normalized spacial score (nSPS) is 14.4. The summed E-state index contributed by atoms with van der Waals surface area (Å²) >= 11 is 0. The molecule has 0 aliphatic heterocycles. The van der Waals surface area contributed by atoms with Crippen molar-refractivity contribution in [2.24, 2.45) is 5.92 Å². The predicted molar refractivity (Wildman–Crippen MR) is 103 cm³/mol. The Morgan fingerprint density at radius 2 is 1.81 bits per heavy atom. The Morgan fingerprint density at radius 3 is 2.52 bits per heavy atom. The van der Waals surface area contributed by atoms with E-state index < -0.39 is 0 Å². The summed E-state index contributed by atoms with van der Waals surface area (Å²) in [5.41, 5.74) is 1.03. The van der Waals surface area contributed by atoms with E-state index in [0.717, 1.165) is 12.0 Å². The van der Waals surface area contributed by atoms with Crippen LogP contribution < -0.4 is 14.8 Å². The summed E-state index contributed by atoms with van der Waals surface area (Å²) in [4.78, 5) is 23.6. The van der Waals surface area contributed by atoms with E-state index in [2.05, 4.69) is 5.32 Å². The third-order valence-corrected chi connectivity index (χ3v) is 5.03. The summed E-state index contributed by atoms with van der Waals surface area (Å²) in [6.07, 6.45) is 8.20. The molecule has 1 fully saturated rings. The number of methoxy groups -OCH3 is 2. The van der Waals surface area contributed by atoms with Crippen LogP contribution in [0, 0.1) is 5.92 Å². The van der Waals surface area contributed by atoms with Gasteiger partial charge in [0.2, 0.25) is 0 Å². The molecule has 2 rings (SSSR count). The van der Waals surface area contributed by atoms with Crippen molar-refractivity contribution in [3.05, 3.63) is 23.8 Å². The molecule has 0 spiro atoms. The molecule has 6 nitrogen and oxygen atoms in total. The van der Waals surface area contributed by atoms with Gasteiger partial charge in [-0.25, -0.2) is 0 Å². The Morgan fingerprint density at radius 1 is 1.07 bits per heavy atom.